The van der Waals surface area contributed by atoms with Crippen LogP contribution in [-0.2, 0) is 6.54 Å². The van der Waals surface area contributed by atoms with E-state index in [1.807, 2.05) is 36.9 Å². The Balaban J connectivity index is 1.62. The maximum absolute atomic E-state index is 12.7. The Morgan fingerprint density at radius 3 is 2.36 bits per heavy atom. The standard InChI is InChI=1S/C19H24N4O2/c1-15(2)23-18(24)9-8-17(20-23)19(25)22-12-10-21(11-13-22)14-16-6-4-3-5-7-16/h3-9,15H,10-14H2,1-2H3. The summed E-state index contributed by atoms with van der Waals surface area (Å²) in [5.41, 5.74) is 1.44. The number of nitrogens with zero attached hydrogens (tertiary/aromatic N) is 4. The zero-order valence-corrected chi connectivity index (χ0v) is 14.8. The predicted octanol–water partition coefficient (Wildman–Crippen LogP) is 1.78. The number of hydrogen-bond acceptors (Lipinski definition) is 4. The molecule has 1 aliphatic heterocycles. The van der Waals surface area contributed by atoms with Crippen molar-refractivity contribution in [3.63, 3.8) is 0 Å². The van der Waals surface area contributed by atoms with E-state index in [1.165, 1.54) is 22.4 Å². The van der Waals surface area contributed by atoms with Gasteiger partial charge in [-0.15, -0.1) is 0 Å². The first-order chi connectivity index (χ1) is 12.0. The Hall–Kier alpha value is -2.47. The summed E-state index contributed by atoms with van der Waals surface area (Å²) in [7, 11) is 0. The molecule has 1 amide bonds. The van der Waals surface area contributed by atoms with E-state index in [-0.39, 0.29) is 17.5 Å². The second-order valence-electron chi connectivity index (χ2n) is 6.65. The third-order valence-electron chi connectivity index (χ3n) is 4.44. The minimum Gasteiger partial charge on any atom is -0.335 e. The Bertz CT molecular complexity index is 778. The van der Waals surface area contributed by atoms with Crippen molar-refractivity contribution in [1.82, 2.24) is 19.6 Å². The molecule has 3 rings (SSSR count). The van der Waals surface area contributed by atoms with E-state index in [2.05, 4.69) is 22.1 Å². The lowest BCUT2D eigenvalue weighted by Gasteiger charge is -2.34. The molecule has 1 aromatic carbocycles. The first-order valence-corrected chi connectivity index (χ1v) is 8.70. The van der Waals surface area contributed by atoms with Gasteiger partial charge in [-0.2, -0.15) is 5.10 Å². The fraction of sp³-hybridized carbons (Fsp3) is 0.421. The molecule has 1 aromatic heterocycles. The van der Waals surface area contributed by atoms with Crippen LogP contribution in [0.1, 0.15) is 35.9 Å². The van der Waals surface area contributed by atoms with Crippen LogP contribution in [0.15, 0.2) is 47.3 Å². The zero-order chi connectivity index (χ0) is 17.8. The van der Waals surface area contributed by atoms with Crippen molar-refractivity contribution in [2.45, 2.75) is 26.4 Å². The second kappa shape index (κ2) is 7.61. The van der Waals surface area contributed by atoms with Crippen LogP contribution in [0.25, 0.3) is 0 Å². The lowest BCUT2D eigenvalue weighted by atomic mass is 10.2. The van der Waals surface area contributed by atoms with Crippen molar-refractivity contribution >= 4 is 5.91 Å². The molecule has 0 saturated carbocycles. The van der Waals surface area contributed by atoms with Crippen molar-refractivity contribution in [3.05, 3.63) is 64.1 Å². The molecular weight excluding hydrogens is 316 g/mol. The summed E-state index contributed by atoms with van der Waals surface area (Å²) in [5.74, 6) is -0.103. The highest BCUT2D eigenvalue weighted by Gasteiger charge is 2.23. The summed E-state index contributed by atoms with van der Waals surface area (Å²) in [4.78, 5) is 28.6. The van der Waals surface area contributed by atoms with Crippen molar-refractivity contribution < 1.29 is 4.79 Å². The van der Waals surface area contributed by atoms with E-state index < -0.39 is 0 Å². The molecule has 0 radical (unpaired) electrons. The number of hydrogen-bond donors (Lipinski definition) is 0. The van der Waals surface area contributed by atoms with Gasteiger partial charge in [0.2, 0.25) is 0 Å². The van der Waals surface area contributed by atoms with Gasteiger partial charge in [0.25, 0.3) is 11.5 Å². The first kappa shape index (κ1) is 17.4. The number of carbonyl (C=O) groups excluding carboxylic acids is 1. The van der Waals surface area contributed by atoms with Crippen LogP contribution in [0.4, 0.5) is 0 Å². The summed E-state index contributed by atoms with van der Waals surface area (Å²) in [6.07, 6.45) is 0. The zero-order valence-electron chi connectivity index (χ0n) is 14.8. The van der Waals surface area contributed by atoms with Crippen molar-refractivity contribution in [2.24, 2.45) is 0 Å². The van der Waals surface area contributed by atoms with Gasteiger partial charge in [0.1, 0.15) is 5.69 Å². The summed E-state index contributed by atoms with van der Waals surface area (Å²) >= 11 is 0. The Morgan fingerprint density at radius 2 is 1.72 bits per heavy atom. The van der Waals surface area contributed by atoms with Crippen LogP contribution in [0.5, 0.6) is 0 Å². The molecule has 0 aliphatic carbocycles. The van der Waals surface area contributed by atoms with Gasteiger partial charge in [0.05, 0.1) is 6.04 Å². The maximum Gasteiger partial charge on any atom is 0.274 e. The van der Waals surface area contributed by atoms with Gasteiger partial charge in [-0.25, -0.2) is 4.68 Å². The fourth-order valence-corrected chi connectivity index (χ4v) is 3.02. The van der Waals surface area contributed by atoms with Gasteiger partial charge in [-0.3, -0.25) is 14.5 Å². The molecule has 0 unspecified atom stereocenters. The van der Waals surface area contributed by atoms with Crippen molar-refractivity contribution in [3.8, 4) is 0 Å². The highest BCUT2D eigenvalue weighted by Crippen LogP contribution is 2.10. The van der Waals surface area contributed by atoms with Crippen molar-refractivity contribution in [2.75, 3.05) is 26.2 Å². The predicted molar refractivity (Wildman–Crippen MR) is 96.5 cm³/mol. The molecule has 1 aliphatic rings. The van der Waals surface area contributed by atoms with Gasteiger partial charge in [0.15, 0.2) is 0 Å². The quantitative estimate of drug-likeness (QED) is 0.851. The number of aromatic nitrogens is 2. The minimum atomic E-state index is -0.181. The Labute approximate surface area is 147 Å². The Morgan fingerprint density at radius 1 is 1.04 bits per heavy atom. The van der Waals surface area contributed by atoms with Gasteiger partial charge in [-0.05, 0) is 25.5 Å². The maximum atomic E-state index is 12.7. The molecule has 2 heterocycles. The SMILES string of the molecule is CC(C)n1nc(C(=O)N2CCN(Cc3ccccc3)CC2)ccc1=O. The summed E-state index contributed by atoms with van der Waals surface area (Å²) in [6, 6.07) is 13.2. The molecule has 1 saturated heterocycles. The number of benzene rings is 1. The van der Waals surface area contributed by atoms with Crippen molar-refractivity contribution in [1.29, 1.82) is 0 Å². The first-order valence-electron chi connectivity index (χ1n) is 8.70. The third-order valence-corrected chi connectivity index (χ3v) is 4.44. The van der Waals surface area contributed by atoms with Crippen LogP contribution in [-0.4, -0.2) is 51.7 Å². The van der Waals surface area contributed by atoms with E-state index in [0.717, 1.165) is 19.6 Å². The summed E-state index contributed by atoms with van der Waals surface area (Å²) in [6.45, 7) is 7.69. The fourth-order valence-electron chi connectivity index (χ4n) is 3.02. The van der Waals surface area contributed by atoms with Crippen LogP contribution in [0.2, 0.25) is 0 Å². The molecule has 0 spiro atoms. The molecule has 0 bridgehead atoms. The highest BCUT2D eigenvalue weighted by atomic mass is 16.2. The molecule has 25 heavy (non-hydrogen) atoms. The van der Waals surface area contributed by atoms with E-state index >= 15 is 0 Å². The second-order valence-corrected chi connectivity index (χ2v) is 6.65. The van der Waals surface area contributed by atoms with Gasteiger partial charge in [-0.1, -0.05) is 30.3 Å². The smallest absolute Gasteiger partial charge is 0.274 e. The number of carbonyl (C=O) groups is 1. The third kappa shape index (κ3) is 4.14. The van der Waals surface area contributed by atoms with E-state index in [4.69, 9.17) is 0 Å². The van der Waals surface area contributed by atoms with Crippen LogP contribution in [0, 0.1) is 0 Å². The van der Waals surface area contributed by atoms with E-state index in [1.54, 1.807) is 0 Å². The normalized spacial score (nSPS) is 15.6. The molecule has 6 heteroatoms. The summed E-state index contributed by atoms with van der Waals surface area (Å²) in [5, 5.41) is 4.23. The molecule has 0 atom stereocenters. The largest absolute Gasteiger partial charge is 0.335 e. The molecule has 2 aromatic rings. The molecule has 0 N–H and O–H groups in total. The lowest BCUT2D eigenvalue weighted by molar-refractivity contribution is 0.0619. The van der Waals surface area contributed by atoms with Crippen LogP contribution >= 0.6 is 0 Å². The van der Waals surface area contributed by atoms with Crippen LogP contribution in [0.3, 0.4) is 0 Å². The topological polar surface area (TPSA) is 58.4 Å². The number of amides is 1. The summed E-state index contributed by atoms with van der Waals surface area (Å²) < 4.78 is 1.36. The Kier molecular flexibility index (Phi) is 5.28. The molecule has 6 nitrogen and oxygen atoms in total. The molecule has 1 fully saturated rings. The van der Waals surface area contributed by atoms with Gasteiger partial charge >= 0.3 is 0 Å². The highest BCUT2D eigenvalue weighted by molar-refractivity contribution is 5.92. The van der Waals surface area contributed by atoms with Gasteiger partial charge in [0, 0.05) is 38.8 Å². The average Bonchev–Trinajstić information content (AvgIpc) is 2.63. The number of piperazine rings is 1. The molecular formula is C19H24N4O2. The molecule has 132 valence electrons. The van der Waals surface area contributed by atoms with Gasteiger partial charge < -0.3 is 4.90 Å². The minimum absolute atomic E-state index is 0.0667. The van der Waals surface area contributed by atoms with E-state index in [0.29, 0.717) is 18.8 Å². The number of rotatable bonds is 4. The van der Waals surface area contributed by atoms with Crippen LogP contribution < -0.4 is 5.56 Å². The van der Waals surface area contributed by atoms with E-state index in [9.17, 15) is 9.59 Å². The lowest BCUT2D eigenvalue weighted by Crippen LogP contribution is -2.48. The average molecular weight is 340 g/mol. The monoisotopic (exact) mass is 340 g/mol.